The van der Waals surface area contributed by atoms with Gasteiger partial charge in [-0.3, -0.25) is 24.0 Å². The number of Topliss-reactive ketones (excluding diaryl/α,β-unsaturated/α-hetero) is 2. The quantitative estimate of drug-likeness (QED) is 0.113. The number of rotatable bonds is 9. The average molecular weight is 683 g/mol. The number of halogens is 1. The Morgan fingerprint density at radius 1 is 0.612 bits per heavy atom. The molecule has 0 radical (unpaired) electrons. The van der Waals surface area contributed by atoms with Gasteiger partial charge in [-0.05, 0) is 59.8 Å². The molecular weight excluding hydrogens is 648 g/mol. The third kappa shape index (κ3) is 10.0. The van der Waals surface area contributed by atoms with E-state index in [4.69, 9.17) is 21.4 Å². The molecular formula is C38H35ClN2O8. The Morgan fingerprint density at radius 3 is 1.49 bits per heavy atom. The molecule has 2 aliphatic rings. The standard InChI is InChI=1S/C19H17NO4.C12H13NO3.C7H5ClO/c21-17-13-15-9-4-5-10-16(15)20(18(17)22)11-6-12-24-19(23)14-7-2-1-3-8-14;14-7-3-6-13-10-5-2-1-4-9(10)8-11(15)12(13)16;8-7(9)6-4-2-1-3-5-6/h1-5,7-10H,6,11-13H2;1-2,4-5,14H,3,6-8H2;1-5H. The zero-order valence-electron chi connectivity index (χ0n) is 26.6. The van der Waals surface area contributed by atoms with Crippen LogP contribution in [0, 0.1) is 0 Å². The Hall–Kier alpha value is -5.45. The Labute approximate surface area is 288 Å². The number of ketones is 2. The number of carbonyl (C=O) groups excluding carboxylic acids is 6. The largest absolute Gasteiger partial charge is 0.462 e. The topological polar surface area (TPSA) is 138 Å². The van der Waals surface area contributed by atoms with Gasteiger partial charge in [-0.15, -0.1) is 0 Å². The Kier molecular flexibility index (Phi) is 13.5. The summed E-state index contributed by atoms with van der Waals surface area (Å²) >= 11 is 5.16. The van der Waals surface area contributed by atoms with E-state index >= 15 is 0 Å². The van der Waals surface area contributed by atoms with E-state index in [1.165, 1.54) is 9.80 Å². The van der Waals surface area contributed by atoms with Crippen LogP contribution >= 0.6 is 11.6 Å². The van der Waals surface area contributed by atoms with Crippen LogP contribution in [0.15, 0.2) is 109 Å². The van der Waals surface area contributed by atoms with Crippen LogP contribution in [0.5, 0.6) is 0 Å². The molecule has 0 bridgehead atoms. The molecule has 1 N–H and O–H groups in total. The highest BCUT2D eigenvalue weighted by Crippen LogP contribution is 2.27. The first-order chi connectivity index (χ1) is 23.7. The van der Waals surface area contributed by atoms with Gasteiger partial charge in [0.1, 0.15) is 0 Å². The molecule has 10 nitrogen and oxygen atoms in total. The van der Waals surface area contributed by atoms with Crippen LogP contribution in [0.1, 0.15) is 44.7 Å². The summed E-state index contributed by atoms with van der Waals surface area (Å²) in [5.74, 6) is -2.14. The van der Waals surface area contributed by atoms with Crippen molar-refractivity contribution in [3.05, 3.63) is 131 Å². The van der Waals surface area contributed by atoms with E-state index in [1.807, 2.05) is 60.7 Å². The van der Waals surface area contributed by atoms with Gasteiger partial charge in [0.2, 0.25) is 11.6 Å². The molecule has 0 spiro atoms. The molecule has 0 atom stereocenters. The zero-order chi connectivity index (χ0) is 35.2. The normalized spacial score (nSPS) is 13.3. The van der Waals surface area contributed by atoms with Gasteiger partial charge in [0.25, 0.3) is 17.1 Å². The highest BCUT2D eigenvalue weighted by Gasteiger charge is 2.31. The van der Waals surface area contributed by atoms with E-state index in [1.54, 1.807) is 48.5 Å². The third-order valence-corrected chi connectivity index (χ3v) is 7.76. The summed E-state index contributed by atoms with van der Waals surface area (Å²) in [5.41, 5.74) is 4.32. The summed E-state index contributed by atoms with van der Waals surface area (Å²) in [6, 6.07) is 32.2. The molecule has 2 amide bonds. The molecule has 4 aromatic carbocycles. The summed E-state index contributed by atoms with van der Waals surface area (Å²) in [7, 11) is 0. The predicted octanol–water partition coefficient (Wildman–Crippen LogP) is 4.98. The minimum Gasteiger partial charge on any atom is -0.462 e. The van der Waals surface area contributed by atoms with E-state index in [0.29, 0.717) is 37.1 Å². The molecule has 0 fully saturated rings. The fourth-order valence-corrected chi connectivity index (χ4v) is 5.28. The number of aliphatic hydroxyl groups is 1. The maximum absolute atomic E-state index is 12.1. The van der Waals surface area contributed by atoms with Crippen LogP contribution in [0.4, 0.5) is 11.4 Å². The van der Waals surface area contributed by atoms with E-state index < -0.39 is 28.8 Å². The molecule has 0 aromatic heterocycles. The lowest BCUT2D eigenvalue weighted by Crippen LogP contribution is -2.42. The summed E-state index contributed by atoms with van der Waals surface area (Å²) in [6.45, 7) is 0.926. The first kappa shape index (κ1) is 36.4. The van der Waals surface area contributed by atoms with Crippen molar-refractivity contribution in [2.24, 2.45) is 0 Å². The maximum atomic E-state index is 12.1. The van der Waals surface area contributed by atoms with Crippen LogP contribution in [-0.2, 0) is 36.8 Å². The van der Waals surface area contributed by atoms with Gasteiger partial charge in [0.15, 0.2) is 0 Å². The van der Waals surface area contributed by atoms with Crippen molar-refractivity contribution >= 4 is 57.6 Å². The van der Waals surface area contributed by atoms with Gasteiger partial charge in [-0.2, -0.15) is 0 Å². The second kappa shape index (κ2) is 18.2. The highest BCUT2D eigenvalue weighted by molar-refractivity contribution is 6.67. The molecule has 252 valence electrons. The number of nitrogens with zero attached hydrogens (tertiary/aromatic N) is 2. The maximum Gasteiger partial charge on any atom is 0.338 e. The molecule has 4 aromatic rings. The number of amides is 2. The molecule has 11 heteroatoms. The van der Waals surface area contributed by atoms with Gasteiger partial charge < -0.3 is 19.6 Å². The van der Waals surface area contributed by atoms with Crippen LogP contribution in [-0.4, -0.2) is 66.0 Å². The lowest BCUT2D eigenvalue weighted by Gasteiger charge is -2.28. The summed E-state index contributed by atoms with van der Waals surface area (Å²) in [4.78, 5) is 72.3. The molecule has 0 saturated carbocycles. The molecule has 0 saturated heterocycles. The number of hydrogen-bond acceptors (Lipinski definition) is 8. The molecule has 49 heavy (non-hydrogen) atoms. The summed E-state index contributed by atoms with van der Waals surface area (Å²) in [5, 5.41) is 8.37. The lowest BCUT2D eigenvalue weighted by molar-refractivity contribution is -0.136. The van der Waals surface area contributed by atoms with Crippen LogP contribution < -0.4 is 9.80 Å². The molecule has 0 aliphatic carbocycles. The number of aliphatic hydroxyl groups excluding tert-OH is 1. The van der Waals surface area contributed by atoms with Crippen molar-refractivity contribution in [3.8, 4) is 0 Å². The number of benzene rings is 4. The molecule has 0 unspecified atom stereocenters. The number of hydrogen-bond donors (Lipinski definition) is 1. The van der Waals surface area contributed by atoms with Crippen LogP contribution in [0.3, 0.4) is 0 Å². The van der Waals surface area contributed by atoms with Crippen molar-refractivity contribution in [1.82, 2.24) is 0 Å². The zero-order valence-corrected chi connectivity index (χ0v) is 27.4. The fourth-order valence-electron chi connectivity index (χ4n) is 5.15. The Balaban J connectivity index is 0.000000185. The predicted molar refractivity (Wildman–Crippen MR) is 185 cm³/mol. The summed E-state index contributed by atoms with van der Waals surface area (Å²) in [6.07, 6.45) is 1.28. The number of fused-ring (bicyclic) bond motifs is 2. The first-order valence-electron chi connectivity index (χ1n) is 15.6. The number of ether oxygens (including phenoxy) is 1. The number of esters is 1. The number of para-hydroxylation sites is 2. The van der Waals surface area contributed by atoms with Crippen LogP contribution in [0.2, 0.25) is 0 Å². The van der Waals surface area contributed by atoms with Gasteiger partial charge in [0, 0.05) is 49.5 Å². The van der Waals surface area contributed by atoms with E-state index in [-0.39, 0.29) is 31.8 Å². The summed E-state index contributed by atoms with van der Waals surface area (Å²) < 4.78 is 5.21. The van der Waals surface area contributed by atoms with Crippen molar-refractivity contribution in [2.45, 2.75) is 25.7 Å². The second-order valence-electron chi connectivity index (χ2n) is 10.9. The third-order valence-electron chi connectivity index (χ3n) is 7.54. The lowest BCUT2D eigenvalue weighted by atomic mass is 10.00. The minimum absolute atomic E-state index is 0.0140. The minimum atomic E-state index is -0.497. The van der Waals surface area contributed by atoms with Crippen molar-refractivity contribution < 1.29 is 38.6 Å². The average Bonchev–Trinajstić information content (AvgIpc) is 3.13. The fraction of sp³-hybridized carbons (Fsp3) is 0.211. The number of anilines is 2. The smallest absolute Gasteiger partial charge is 0.338 e. The van der Waals surface area contributed by atoms with Crippen molar-refractivity contribution in [1.29, 1.82) is 0 Å². The van der Waals surface area contributed by atoms with E-state index in [2.05, 4.69) is 0 Å². The van der Waals surface area contributed by atoms with E-state index in [0.717, 1.165) is 22.5 Å². The van der Waals surface area contributed by atoms with Crippen molar-refractivity contribution in [3.63, 3.8) is 0 Å². The van der Waals surface area contributed by atoms with Crippen LogP contribution in [0.25, 0.3) is 0 Å². The Bertz CT molecular complexity index is 1800. The molecule has 6 rings (SSSR count). The Morgan fingerprint density at radius 2 is 1.04 bits per heavy atom. The number of carbonyl (C=O) groups is 6. The SMILES string of the molecule is O=C(Cl)c1ccccc1.O=C1Cc2ccccc2N(CCCO)C1=O.O=C1Cc2ccccc2N(CCCOC(=O)c2ccccc2)C1=O. The second-order valence-corrected chi connectivity index (χ2v) is 11.3. The highest BCUT2D eigenvalue weighted by atomic mass is 35.5. The molecule has 2 heterocycles. The molecule has 2 aliphatic heterocycles. The van der Waals surface area contributed by atoms with Gasteiger partial charge >= 0.3 is 5.97 Å². The van der Waals surface area contributed by atoms with Gasteiger partial charge in [-0.1, -0.05) is 84.9 Å². The van der Waals surface area contributed by atoms with E-state index in [9.17, 15) is 28.8 Å². The van der Waals surface area contributed by atoms with Gasteiger partial charge in [-0.25, -0.2) is 4.79 Å². The van der Waals surface area contributed by atoms with Gasteiger partial charge in [0.05, 0.1) is 12.2 Å². The monoisotopic (exact) mass is 682 g/mol. The first-order valence-corrected chi connectivity index (χ1v) is 16.0. The van der Waals surface area contributed by atoms with Crippen molar-refractivity contribution in [2.75, 3.05) is 36.1 Å².